The Morgan fingerprint density at radius 2 is 1.88 bits per heavy atom. The molecule has 128 valence electrons. The van der Waals surface area contributed by atoms with E-state index in [1.165, 1.54) is 42.6 Å². The third-order valence-corrected chi connectivity index (χ3v) is 3.59. The van der Waals surface area contributed by atoms with Gasteiger partial charge in [-0.3, -0.25) is 9.89 Å². The van der Waals surface area contributed by atoms with Crippen molar-refractivity contribution in [1.29, 1.82) is 5.26 Å². The van der Waals surface area contributed by atoms with Crippen molar-refractivity contribution in [3.8, 4) is 17.3 Å². The monoisotopic (exact) mass is 350 g/mol. The first-order chi connectivity index (χ1) is 12.6. The van der Waals surface area contributed by atoms with Gasteiger partial charge < -0.3 is 5.32 Å². The van der Waals surface area contributed by atoms with Gasteiger partial charge in [-0.2, -0.15) is 10.4 Å². The maximum Gasteiger partial charge on any atom is 0.266 e. The van der Waals surface area contributed by atoms with Gasteiger partial charge in [0, 0.05) is 11.1 Å². The van der Waals surface area contributed by atoms with Crippen molar-refractivity contribution in [3.63, 3.8) is 0 Å². The van der Waals surface area contributed by atoms with Gasteiger partial charge in [-0.25, -0.2) is 8.78 Å². The number of aromatic nitrogens is 2. The second-order valence-electron chi connectivity index (χ2n) is 5.31. The molecule has 0 atom stereocenters. The zero-order valence-electron chi connectivity index (χ0n) is 13.3. The SMILES string of the molecule is N#C/C(=C/c1cn[nH]c1-c1ccc(F)cc1)C(=O)Nc1ccccc1F. The number of hydrogen-bond donors (Lipinski definition) is 2. The van der Waals surface area contributed by atoms with Crippen molar-refractivity contribution < 1.29 is 13.6 Å². The van der Waals surface area contributed by atoms with Gasteiger partial charge in [-0.1, -0.05) is 12.1 Å². The van der Waals surface area contributed by atoms with E-state index in [9.17, 15) is 18.8 Å². The quantitative estimate of drug-likeness (QED) is 0.553. The zero-order chi connectivity index (χ0) is 18.5. The molecule has 0 aliphatic heterocycles. The van der Waals surface area contributed by atoms with Crippen LogP contribution in [-0.4, -0.2) is 16.1 Å². The predicted octanol–water partition coefficient (Wildman–Crippen LogP) is 3.90. The van der Waals surface area contributed by atoms with E-state index < -0.39 is 11.7 Å². The van der Waals surface area contributed by atoms with E-state index in [0.29, 0.717) is 16.8 Å². The van der Waals surface area contributed by atoms with Gasteiger partial charge in [-0.15, -0.1) is 0 Å². The molecule has 0 saturated carbocycles. The van der Waals surface area contributed by atoms with Gasteiger partial charge in [0.15, 0.2) is 0 Å². The number of carbonyl (C=O) groups excluding carboxylic acids is 1. The number of amides is 1. The van der Waals surface area contributed by atoms with Crippen molar-refractivity contribution in [2.75, 3.05) is 5.32 Å². The first-order valence-corrected chi connectivity index (χ1v) is 7.55. The van der Waals surface area contributed by atoms with Crippen LogP contribution in [0.5, 0.6) is 0 Å². The number of H-pyrrole nitrogens is 1. The fourth-order valence-corrected chi connectivity index (χ4v) is 2.31. The fourth-order valence-electron chi connectivity index (χ4n) is 2.31. The summed E-state index contributed by atoms with van der Waals surface area (Å²) in [5.41, 5.74) is 1.39. The summed E-state index contributed by atoms with van der Waals surface area (Å²) in [6, 6.07) is 13.1. The third kappa shape index (κ3) is 3.65. The van der Waals surface area contributed by atoms with Crippen LogP contribution in [0.2, 0.25) is 0 Å². The fraction of sp³-hybridized carbons (Fsp3) is 0. The third-order valence-electron chi connectivity index (χ3n) is 3.59. The van der Waals surface area contributed by atoms with Crippen LogP contribution in [0.3, 0.4) is 0 Å². The second kappa shape index (κ2) is 7.40. The molecule has 5 nitrogen and oxygen atoms in total. The molecule has 3 rings (SSSR count). The van der Waals surface area contributed by atoms with Gasteiger partial charge in [-0.05, 0) is 42.5 Å². The first kappa shape index (κ1) is 17.0. The lowest BCUT2D eigenvalue weighted by Gasteiger charge is -2.05. The highest BCUT2D eigenvalue weighted by Crippen LogP contribution is 2.24. The number of anilines is 1. The molecule has 1 aromatic heterocycles. The Morgan fingerprint density at radius 3 is 2.58 bits per heavy atom. The predicted molar refractivity (Wildman–Crippen MR) is 92.6 cm³/mol. The zero-order valence-corrected chi connectivity index (χ0v) is 13.3. The summed E-state index contributed by atoms with van der Waals surface area (Å²) < 4.78 is 26.7. The Hall–Kier alpha value is -3.79. The summed E-state index contributed by atoms with van der Waals surface area (Å²) in [6.45, 7) is 0. The molecule has 0 aliphatic rings. The lowest BCUT2D eigenvalue weighted by molar-refractivity contribution is -0.112. The molecule has 1 heterocycles. The Balaban J connectivity index is 1.90. The minimum absolute atomic E-state index is 0.0235. The topological polar surface area (TPSA) is 81.6 Å². The molecule has 7 heteroatoms. The Kier molecular flexibility index (Phi) is 4.85. The maximum absolute atomic E-state index is 13.6. The van der Waals surface area contributed by atoms with Crippen LogP contribution in [-0.2, 0) is 4.79 Å². The van der Waals surface area contributed by atoms with Gasteiger partial charge in [0.2, 0.25) is 0 Å². The number of nitrogens with zero attached hydrogens (tertiary/aromatic N) is 2. The first-order valence-electron chi connectivity index (χ1n) is 7.55. The Bertz CT molecular complexity index is 1020. The number of rotatable bonds is 4. The van der Waals surface area contributed by atoms with Crippen molar-refractivity contribution in [3.05, 3.63) is 77.5 Å². The number of carbonyl (C=O) groups is 1. The number of hydrogen-bond acceptors (Lipinski definition) is 3. The number of halogens is 2. The standard InChI is InChI=1S/C19H12F2N4O/c20-15-7-5-12(6-8-15)18-14(11-23-25-18)9-13(10-22)19(26)24-17-4-2-1-3-16(17)21/h1-9,11H,(H,23,25)(H,24,26)/b13-9-. The number of nitriles is 1. The van der Waals surface area contributed by atoms with Crippen molar-refractivity contribution in [2.24, 2.45) is 0 Å². The number of nitrogens with one attached hydrogen (secondary N) is 2. The van der Waals surface area contributed by atoms with E-state index in [1.807, 2.05) is 0 Å². The number of para-hydroxylation sites is 1. The number of aromatic amines is 1. The molecule has 0 unspecified atom stereocenters. The van der Waals surface area contributed by atoms with Crippen LogP contribution in [0.4, 0.5) is 14.5 Å². The van der Waals surface area contributed by atoms with Gasteiger partial charge in [0.25, 0.3) is 5.91 Å². The Labute approximate surface area is 147 Å². The van der Waals surface area contributed by atoms with E-state index >= 15 is 0 Å². The van der Waals surface area contributed by atoms with Crippen molar-refractivity contribution in [1.82, 2.24) is 10.2 Å². The molecule has 3 aromatic rings. The lowest BCUT2D eigenvalue weighted by atomic mass is 10.1. The molecule has 0 radical (unpaired) electrons. The summed E-state index contributed by atoms with van der Waals surface area (Å²) in [5, 5.41) is 18.3. The largest absolute Gasteiger partial charge is 0.319 e. The molecule has 2 aromatic carbocycles. The van der Waals surface area contributed by atoms with Crippen LogP contribution in [0, 0.1) is 23.0 Å². The van der Waals surface area contributed by atoms with E-state index in [1.54, 1.807) is 24.3 Å². The highest BCUT2D eigenvalue weighted by molar-refractivity contribution is 6.10. The minimum atomic E-state index is -0.746. The van der Waals surface area contributed by atoms with Crippen LogP contribution in [0.25, 0.3) is 17.3 Å². The number of benzene rings is 2. The molecule has 0 spiro atoms. The average molecular weight is 350 g/mol. The highest BCUT2D eigenvalue weighted by atomic mass is 19.1. The molecular weight excluding hydrogens is 338 g/mol. The van der Waals surface area contributed by atoms with E-state index in [0.717, 1.165) is 0 Å². The summed E-state index contributed by atoms with van der Waals surface area (Å²) in [7, 11) is 0. The maximum atomic E-state index is 13.6. The van der Waals surface area contributed by atoms with Crippen LogP contribution in [0.15, 0.2) is 60.3 Å². The van der Waals surface area contributed by atoms with Crippen LogP contribution in [0.1, 0.15) is 5.56 Å². The van der Waals surface area contributed by atoms with E-state index in [-0.39, 0.29) is 17.1 Å². The Morgan fingerprint density at radius 1 is 1.15 bits per heavy atom. The highest BCUT2D eigenvalue weighted by Gasteiger charge is 2.14. The van der Waals surface area contributed by atoms with Crippen molar-refractivity contribution in [2.45, 2.75) is 0 Å². The summed E-state index contributed by atoms with van der Waals surface area (Å²) in [4.78, 5) is 12.3. The summed E-state index contributed by atoms with van der Waals surface area (Å²) in [5.74, 6) is -1.73. The minimum Gasteiger partial charge on any atom is -0.319 e. The molecule has 26 heavy (non-hydrogen) atoms. The molecule has 0 aliphatic carbocycles. The normalized spacial score (nSPS) is 11.0. The molecule has 0 fully saturated rings. The van der Waals surface area contributed by atoms with Gasteiger partial charge >= 0.3 is 0 Å². The smallest absolute Gasteiger partial charge is 0.266 e. The van der Waals surface area contributed by atoms with Crippen LogP contribution < -0.4 is 5.32 Å². The summed E-state index contributed by atoms with van der Waals surface area (Å²) in [6.07, 6.45) is 2.77. The van der Waals surface area contributed by atoms with Gasteiger partial charge in [0.1, 0.15) is 23.3 Å². The van der Waals surface area contributed by atoms with Gasteiger partial charge in [0.05, 0.1) is 17.6 Å². The summed E-state index contributed by atoms with van der Waals surface area (Å²) >= 11 is 0. The lowest BCUT2D eigenvalue weighted by Crippen LogP contribution is -2.14. The second-order valence-corrected chi connectivity index (χ2v) is 5.31. The molecule has 2 N–H and O–H groups in total. The van der Waals surface area contributed by atoms with Crippen LogP contribution >= 0.6 is 0 Å². The van der Waals surface area contributed by atoms with Crippen molar-refractivity contribution >= 4 is 17.7 Å². The molecule has 1 amide bonds. The molecule has 0 bridgehead atoms. The average Bonchev–Trinajstić information content (AvgIpc) is 3.10. The molecular formula is C19H12F2N4O. The van der Waals surface area contributed by atoms with E-state index in [4.69, 9.17) is 0 Å². The molecule has 0 saturated heterocycles. The van der Waals surface area contributed by atoms with E-state index in [2.05, 4.69) is 15.5 Å².